The molecule has 0 unspecified atom stereocenters. The van der Waals surface area contributed by atoms with Crippen LogP contribution in [0, 0.1) is 11.6 Å². The van der Waals surface area contributed by atoms with Crippen LogP contribution in [0.2, 0.25) is 0 Å². The molecule has 6 heteroatoms. The summed E-state index contributed by atoms with van der Waals surface area (Å²) in [6.07, 6.45) is 2.94. The van der Waals surface area contributed by atoms with Gasteiger partial charge in [0.15, 0.2) is 29.0 Å². The number of aromatic hydroxyl groups is 2. The normalized spacial score (nSPS) is 10.6. The maximum absolute atomic E-state index is 13.3. The van der Waals surface area contributed by atoms with E-state index in [0.29, 0.717) is 16.7 Å². The van der Waals surface area contributed by atoms with E-state index in [2.05, 4.69) is 9.97 Å². The lowest BCUT2D eigenvalue weighted by atomic mass is 10.1. The number of halogens is 2. The summed E-state index contributed by atoms with van der Waals surface area (Å²) < 4.78 is 26.7. The number of phenolic OH excluding ortho intramolecular Hbond substituents is 2. The lowest BCUT2D eigenvalue weighted by Gasteiger charge is -2.05. The first-order chi connectivity index (χ1) is 10.5. The number of aromatic nitrogens is 2. The van der Waals surface area contributed by atoms with Crippen molar-refractivity contribution in [2.24, 2.45) is 0 Å². The third-order valence-corrected chi connectivity index (χ3v) is 3.14. The van der Waals surface area contributed by atoms with Crippen LogP contribution in [-0.4, -0.2) is 20.2 Å². The summed E-state index contributed by atoms with van der Waals surface area (Å²) in [5.74, 6) is -2.09. The Balaban J connectivity index is 1.95. The van der Waals surface area contributed by atoms with Gasteiger partial charge in [-0.05, 0) is 35.9 Å². The van der Waals surface area contributed by atoms with Gasteiger partial charge >= 0.3 is 0 Å². The van der Waals surface area contributed by atoms with Crippen molar-refractivity contribution in [3.05, 3.63) is 60.4 Å². The Labute approximate surface area is 124 Å². The first kappa shape index (κ1) is 13.9. The van der Waals surface area contributed by atoms with Crippen LogP contribution < -0.4 is 0 Å². The molecule has 0 saturated heterocycles. The van der Waals surface area contributed by atoms with Gasteiger partial charge < -0.3 is 10.2 Å². The van der Waals surface area contributed by atoms with E-state index in [9.17, 15) is 8.78 Å². The number of benzene rings is 2. The lowest BCUT2D eigenvalue weighted by molar-refractivity contribution is 0.432. The fourth-order valence-electron chi connectivity index (χ4n) is 1.96. The van der Waals surface area contributed by atoms with Gasteiger partial charge in [0.2, 0.25) is 0 Å². The minimum absolute atomic E-state index is 0.280. The van der Waals surface area contributed by atoms with Crippen LogP contribution in [0.1, 0.15) is 0 Å². The number of hydrogen-bond donors (Lipinski definition) is 2. The molecule has 0 aliphatic carbocycles. The van der Waals surface area contributed by atoms with E-state index in [0.717, 1.165) is 6.07 Å². The molecule has 110 valence electrons. The molecule has 0 fully saturated rings. The number of rotatable bonds is 2. The molecule has 0 spiro atoms. The van der Waals surface area contributed by atoms with Crippen LogP contribution >= 0.6 is 0 Å². The second-order valence-corrected chi connectivity index (χ2v) is 4.63. The summed E-state index contributed by atoms with van der Waals surface area (Å²) in [4.78, 5) is 8.21. The van der Waals surface area contributed by atoms with Crippen LogP contribution in [0.3, 0.4) is 0 Å². The molecule has 0 atom stereocenters. The Morgan fingerprint density at radius 1 is 0.682 bits per heavy atom. The molecule has 1 heterocycles. The Morgan fingerprint density at radius 2 is 1.18 bits per heavy atom. The summed E-state index contributed by atoms with van der Waals surface area (Å²) in [7, 11) is 0. The van der Waals surface area contributed by atoms with Gasteiger partial charge in [0, 0.05) is 23.5 Å². The highest BCUT2D eigenvalue weighted by Crippen LogP contribution is 2.26. The number of nitrogens with zero attached hydrogens (tertiary/aromatic N) is 2. The first-order valence-corrected chi connectivity index (χ1v) is 6.34. The smallest absolute Gasteiger partial charge is 0.165 e. The highest BCUT2D eigenvalue weighted by Gasteiger charge is 2.08. The summed E-state index contributed by atoms with van der Waals surface area (Å²) in [5, 5.41) is 18.3. The molecule has 3 rings (SSSR count). The number of hydrogen-bond acceptors (Lipinski definition) is 4. The predicted octanol–water partition coefficient (Wildman–Crippen LogP) is 3.50. The fourth-order valence-corrected chi connectivity index (χ4v) is 1.96. The largest absolute Gasteiger partial charge is 0.505 e. The molecule has 4 nitrogen and oxygen atoms in total. The van der Waals surface area contributed by atoms with Gasteiger partial charge in [0.1, 0.15) is 0 Å². The summed E-state index contributed by atoms with van der Waals surface area (Å²) in [5.41, 5.74) is 1.49. The van der Waals surface area contributed by atoms with Crippen molar-refractivity contribution in [1.29, 1.82) is 0 Å². The summed E-state index contributed by atoms with van der Waals surface area (Å²) in [6, 6.07) is 7.80. The average Bonchev–Trinajstić information content (AvgIpc) is 2.53. The van der Waals surface area contributed by atoms with E-state index >= 15 is 0 Å². The van der Waals surface area contributed by atoms with Crippen molar-refractivity contribution >= 4 is 0 Å². The zero-order chi connectivity index (χ0) is 15.7. The van der Waals surface area contributed by atoms with Crippen molar-refractivity contribution in [2.75, 3.05) is 0 Å². The molecule has 2 N–H and O–H groups in total. The lowest BCUT2D eigenvalue weighted by Crippen LogP contribution is -1.91. The van der Waals surface area contributed by atoms with Gasteiger partial charge in [-0.15, -0.1) is 0 Å². The minimum atomic E-state index is -0.759. The predicted molar refractivity (Wildman–Crippen MR) is 76.1 cm³/mol. The van der Waals surface area contributed by atoms with Crippen molar-refractivity contribution < 1.29 is 19.0 Å². The highest BCUT2D eigenvalue weighted by atomic mass is 19.1. The van der Waals surface area contributed by atoms with Crippen LogP contribution in [0.4, 0.5) is 8.78 Å². The number of phenols is 2. The standard InChI is InChI=1S/C16H10F2N2O2/c17-12-5-9(1-3-14(12)21)11-7-19-16(20-8-11)10-2-4-15(22)13(18)6-10/h1-8,21-22H. The first-order valence-electron chi connectivity index (χ1n) is 6.34. The molecule has 0 amide bonds. The topological polar surface area (TPSA) is 66.2 Å². The van der Waals surface area contributed by atoms with E-state index in [1.807, 2.05) is 0 Å². The SMILES string of the molecule is Oc1ccc(-c2cnc(-c3ccc(O)c(F)c3)nc2)cc1F. The highest BCUT2D eigenvalue weighted by molar-refractivity contribution is 5.64. The maximum Gasteiger partial charge on any atom is 0.165 e. The molecule has 3 aromatic rings. The molecule has 0 radical (unpaired) electrons. The summed E-state index contributed by atoms with van der Waals surface area (Å²) >= 11 is 0. The Bertz CT molecular complexity index is 766. The van der Waals surface area contributed by atoms with E-state index < -0.39 is 23.1 Å². The quantitative estimate of drug-likeness (QED) is 0.760. The van der Waals surface area contributed by atoms with Gasteiger partial charge in [0.25, 0.3) is 0 Å². The summed E-state index contributed by atoms with van der Waals surface area (Å²) in [6.45, 7) is 0. The van der Waals surface area contributed by atoms with Crippen molar-refractivity contribution in [1.82, 2.24) is 9.97 Å². The molecular formula is C16H10F2N2O2. The van der Waals surface area contributed by atoms with E-state index in [1.165, 1.54) is 42.7 Å². The molecule has 2 aromatic carbocycles. The monoisotopic (exact) mass is 300 g/mol. The third-order valence-electron chi connectivity index (χ3n) is 3.14. The van der Waals surface area contributed by atoms with E-state index in [1.54, 1.807) is 0 Å². The maximum atomic E-state index is 13.3. The van der Waals surface area contributed by atoms with Crippen molar-refractivity contribution in [3.8, 4) is 34.0 Å². The van der Waals surface area contributed by atoms with Gasteiger partial charge in [-0.3, -0.25) is 0 Å². The van der Waals surface area contributed by atoms with Crippen molar-refractivity contribution in [3.63, 3.8) is 0 Å². The molecule has 0 aliphatic rings. The third kappa shape index (κ3) is 2.58. The van der Waals surface area contributed by atoms with Gasteiger partial charge in [-0.25, -0.2) is 18.7 Å². The second-order valence-electron chi connectivity index (χ2n) is 4.63. The molecule has 0 saturated carbocycles. The Kier molecular flexibility index (Phi) is 3.42. The van der Waals surface area contributed by atoms with Crippen LogP contribution in [0.25, 0.3) is 22.5 Å². The van der Waals surface area contributed by atoms with Gasteiger partial charge in [0.05, 0.1) is 0 Å². The van der Waals surface area contributed by atoms with Crippen LogP contribution in [-0.2, 0) is 0 Å². The Hall–Kier alpha value is -3.02. The zero-order valence-electron chi connectivity index (χ0n) is 11.2. The van der Waals surface area contributed by atoms with E-state index in [-0.39, 0.29) is 5.82 Å². The van der Waals surface area contributed by atoms with Crippen molar-refractivity contribution in [2.45, 2.75) is 0 Å². The molecule has 0 aliphatic heterocycles. The van der Waals surface area contributed by atoms with Crippen LogP contribution in [0.5, 0.6) is 11.5 Å². The molecule has 0 bridgehead atoms. The molecule has 1 aromatic heterocycles. The van der Waals surface area contributed by atoms with Gasteiger partial charge in [-0.2, -0.15) is 0 Å². The fraction of sp³-hybridized carbons (Fsp3) is 0. The average molecular weight is 300 g/mol. The Morgan fingerprint density at radius 3 is 1.73 bits per heavy atom. The van der Waals surface area contributed by atoms with Gasteiger partial charge in [-0.1, -0.05) is 6.07 Å². The second kappa shape index (κ2) is 5.40. The minimum Gasteiger partial charge on any atom is -0.505 e. The van der Waals surface area contributed by atoms with Crippen LogP contribution in [0.15, 0.2) is 48.8 Å². The molecule has 22 heavy (non-hydrogen) atoms. The molecular weight excluding hydrogens is 290 g/mol. The zero-order valence-corrected chi connectivity index (χ0v) is 11.2. The van der Waals surface area contributed by atoms with E-state index in [4.69, 9.17) is 10.2 Å².